The van der Waals surface area contributed by atoms with Gasteiger partial charge in [-0.15, -0.1) is 11.3 Å². The molecule has 27 heavy (non-hydrogen) atoms. The third kappa shape index (κ3) is 5.79. The summed E-state index contributed by atoms with van der Waals surface area (Å²) in [4.78, 5) is 24.1. The van der Waals surface area contributed by atoms with Crippen molar-refractivity contribution in [2.75, 3.05) is 26.7 Å². The normalized spacial score (nSPS) is 17.4. The molecule has 1 aromatic carbocycles. The Morgan fingerprint density at radius 3 is 2.85 bits per heavy atom. The summed E-state index contributed by atoms with van der Waals surface area (Å²) >= 11 is 1.68. The van der Waals surface area contributed by atoms with Crippen LogP contribution in [0.4, 0.5) is 0 Å². The van der Waals surface area contributed by atoms with E-state index in [4.69, 9.17) is 0 Å². The number of carbonyl (C=O) groups is 1. The highest BCUT2D eigenvalue weighted by molar-refractivity contribution is 7.11. The minimum absolute atomic E-state index is 0.249. The van der Waals surface area contributed by atoms with E-state index in [0.717, 1.165) is 37.0 Å². The van der Waals surface area contributed by atoms with Gasteiger partial charge in [-0.1, -0.05) is 30.3 Å². The third-order valence-electron chi connectivity index (χ3n) is 4.67. The zero-order chi connectivity index (χ0) is 19.1. The second-order valence-corrected chi connectivity index (χ2v) is 8.14. The number of nitrogens with one attached hydrogen (secondary N) is 2. The van der Waals surface area contributed by atoms with E-state index in [1.54, 1.807) is 18.4 Å². The molecule has 3 rings (SSSR count). The number of hydrogen-bond acceptors (Lipinski definition) is 4. The summed E-state index contributed by atoms with van der Waals surface area (Å²) in [6.45, 7) is 5.04. The minimum Gasteiger partial charge on any atom is -0.356 e. The third-order valence-corrected chi connectivity index (χ3v) is 5.58. The van der Waals surface area contributed by atoms with Crippen molar-refractivity contribution in [2.24, 2.45) is 10.9 Å². The highest BCUT2D eigenvalue weighted by atomic mass is 32.1. The molecule has 144 valence electrons. The number of likely N-dealkylation sites (tertiary alicyclic amines) is 1. The number of nitrogens with zero attached hydrogens (tertiary/aromatic N) is 3. The number of carbonyl (C=O) groups excluding carboxylic acids is 1. The van der Waals surface area contributed by atoms with Crippen molar-refractivity contribution in [3.63, 3.8) is 0 Å². The van der Waals surface area contributed by atoms with Crippen LogP contribution in [0.2, 0.25) is 0 Å². The summed E-state index contributed by atoms with van der Waals surface area (Å²) in [6, 6.07) is 10.3. The molecule has 1 aliphatic rings. The first kappa shape index (κ1) is 19.4. The van der Waals surface area contributed by atoms with Crippen LogP contribution in [0.25, 0.3) is 0 Å². The molecule has 1 aromatic heterocycles. The van der Waals surface area contributed by atoms with Gasteiger partial charge >= 0.3 is 0 Å². The Hall–Kier alpha value is -2.41. The maximum Gasteiger partial charge on any atom is 0.223 e. The van der Waals surface area contributed by atoms with Crippen LogP contribution < -0.4 is 10.6 Å². The Kier molecular flexibility index (Phi) is 6.81. The maximum atomic E-state index is 12.3. The van der Waals surface area contributed by atoms with Crippen LogP contribution in [0.15, 0.2) is 41.5 Å². The fourth-order valence-electron chi connectivity index (χ4n) is 3.22. The van der Waals surface area contributed by atoms with E-state index in [2.05, 4.69) is 39.7 Å². The zero-order valence-electron chi connectivity index (χ0n) is 15.9. The molecule has 1 fully saturated rings. The van der Waals surface area contributed by atoms with Crippen molar-refractivity contribution in [1.29, 1.82) is 0 Å². The lowest BCUT2D eigenvalue weighted by Crippen LogP contribution is -2.40. The average Bonchev–Trinajstić information content (AvgIpc) is 3.26. The monoisotopic (exact) mass is 385 g/mol. The predicted octanol–water partition coefficient (Wildman–Crippen LogP) is 2.21. The molecule has 2 N–H and O–H groups in total. The number of thiazole rings is 1. The fourth-order valence-corrected chi connectivity index (χ4v) is 3.95. The molecule has 1 unspecified atom stereocenters. The fraction of sp³-hybridized carbons (Fsp3) is 0.450. The van der Waals surface area contributed by atoms with E-state index in [1.807, 2.05) is 29.3 Å². The van der Waals surface area contributed by atoms with E-state index in [9.17, 15) is 4.79 Å². The summed E-state index contributed by atoms with van der Waals surface area (Å²) in [5.41, 5.74) is 1.27. The van der Waals surface area contributed by atoms with E-state index in [-0.39, 0.29) is 5.91 Å². The van der Waals surface area contributed by atoms with E-state index in [0.29, 0.717) is 18.9 Å². The van der Waals surface area contributed by atoms with Gasteiger partial charge in [0.05, 0.1) is 6.54 Å². The lowest BCUT2D eigenvalue weighted by Gasteiger charge is -2.17. The Balaban J connectivity index is 1.40. The van der Waals surface area contributed by atoms with Crippen LogP contribution in [-0.2, 0) is 17.8 Å². The number of benzene rings is 1. The summed E-state index contributed by atoms with van der Waals surface area (Å²) in [5.74, 6) is 1.31. The van der Waals surface area contributed by atoms with Crippen LogP contribution in [0.1, 0.15) is 21.9 Å². The lowest BCUT2D eigenvalue weighted by atomic mass is 10.1. The molecule has 0 aliphatic carbocycles. The quantitative estimate of drug-likeness (QED) is 0.566. The molecule has 6 nitrogen and oxygen atoms in total. The van der Waals surface area contributed by atoms with Gasteiger partial charge in [-0.2, -0.15) is 0 Å². The number of aromatic nitrogens is 1. The number of rotatable bonds is 7. The smallest absolute Gasteiger partial charge is 0.223 e. The van der Waals surface area contributed by atoms with Gasteiger partial charge in [0.25, 0.3) is 0 Å². The van der Waals surface area contributed by atoms with Crippen molar-refractivity contribution in [2.45, 2.75) is 26.3 Å². The van der Waals surface area contributed by atoms with Crippen LogP contribution in [0.5, 0.6) is 0 Å². The zero-order valence-corrected chi connectivity index (χ0v) is 16.8. The molecule has 2 heterocycles. The standard InChI is InChI=1S/C20H27N5OS/c1-15-11-22-18(27-15)13-24-20(21-2)23-12-17-10-19(26)25(14-17)9-8-16-6-4-3-5-7-16/h3-7,11,17H,8-10,12-14H2,1-2H3,(H2,21,23,24). The van der Waals surface area contributed by atoms with Gasteiger partial charge in [-0.3, -0.25) is 9.79 Å². The van der Waals surface area contributed by atoms with Gasteiger partial charge in [0, 0.05) is 50.1 Å². The molecule has 7 heteroatoms. The second-order valence-electron chi connectivity index (χ2n) is 6.82. The largest absolute Gasteiger partial charge is 0.356 e. The topological polar surface area (TPSA) is 69.6 Å². The summed E-state index contributed by atoms with van der Waals surface area (Å²) in [7, 11) is 1.76. The van der Waals surface area contributed by atoms with Crippen molar-refractivity contribution < 1.29 is 4.79 Å². The highest BCUT2D eigenvalue weighted by Crippen LogP contribution is 2.17. The molecule has 0 spiro atoms. The van der Waals surface area contributed by atoms with Gasteiger partial charge in [-0.25, -0.2) is 4.98 Å². The van der Waals surface area contributed by atoms with Gasteiger partial charge in [0.1, 0.15) is 5.01 Å². The highest BCUT2D eigenvalue weighted by Gasteiger charge is 2.29. The van der Waals surface area contributed by atoms with Crippen LogP contribution >= 0.6 is 11.3 Å². The minimum atomic E-state index is 0.249. The molecule has 0 radical (unpaired) electrons. The molecule has 1 amide bonds. The Labute approximate surface area is 164 Å². The van der Waals surface area contributed by atoms with E-state index >= 15 is 0 Å². The van der Waals surface area contributed by atoms with E-state index < -0.39 is 0 Å². The van der Waals surface area contributed by atoms with Crippen LogP contribution in [-0.4, -0.2) is 48.4 Å². The molecular formula is C20H27N5OS. The second kappa shape index (κ2) is 9.50. The van der Waals surface area contributed by atoms with Crippen molar-refractivity contribution in [3.05, 3.63) is 52.0 Å². The number of hydrogen-bond donors (Lipinski definition) is 2. The van der Waals surface area contributed by atoms with Crippen LogP contribution in [0.3, 0.4) is 0 Å². The molecular weight excluding hydrogens is 358 g/mol. The first-order valence-electron chi connectivity index (χ1n) is 9.31. The molecule has 2 aromatic rings. The van der Waals surface area contributed by atoms with E-state index in [1.165, 1.54) is 10.4 Å². The molecule has 1 aliphatic heterocycles. The first-order chi connectivity index (χ1) is 13.1. The van der Waals surface area contributed by atoms with Gasteiger partial charge in [0.15, 0.2) is 5.96 Å². The Morgan fingerprint density at radius 1 is 1.33 bits per heavy atom. The molecule has 1 saturated heterocycles. The number of amides is 1. The maximum absolute atomic E-state index is 12.3. The average molecular weight is 386 g/mol. The van der Waals surface area contributed by atoms with Gasteiger partial charge in [-0.05, 0) is 18.9 Å². The SMILES string of the molecule is CN=C(NCc1ncc(C)s1)NCC1CC(=O)N(CCc2ccccc2)C1. The lowest BCUT2D eigenvalue weighted by molar-refractivity contribution is -0.127. The van der Waals surface area contributed by atoms with Crippen LogP contribution in [0, 0.1) is 12.8 Å². The summed E-state index contributed by atoms with van der Waals surface area (Å²) < 4.78 is 0. The molecule has 1 atom stereocenters. The predicted molar refractivity (Wildman–Crippen MR) is 110 cm³/mol. The Bertz CT molecular complexity index is 774. The summed E-state index contributed by atoms with van der Waals surface area (Å²) in [6.07, 6.45) is 3.39. The van der Waals surface area contributed by atoms with Crippen molar-refractivity contribution >= 4 is 23.2 Å². The number of guanidine groups is 1. The molecule has 0 bridgehead atoms. The number of aliphatic imine (C=N–C) groups is 1. The molecule has 0 saturated carbocycles. The first-order valence-corrected chi connectivity index (χ1v) is 10.1. The number of aryl methyl sites for hydroxylation is 1. The van der Waals surface area contributed by atoms with Gasteiger partial charge < -0.3 is 15.5 Å². The Morgan fingerprint density at radius 2 is 2.15 bits per heavy atom. The van der Waals surface area contributed by atoms with Crippen molar-refractivity contribution in [1.82, 2.24) is 20.5 Å². The van der Waals surface area contributed by atoms with Crippen molar-refractivity contribution in [3.8, 4) is 0 Å². The van der Waals surface area contributed by atoms with Gasteiger partial charge in [0.2, 0.25) is 5.91 Å². The summed E-state index contributed by atoms with van der Waals surface area (Å²) in [5, 5.41) is 7.66.